The number of benzene rings is 1. The number of alkyl halides is 3. The summed E-state index contributed by atoms with van der Waals surface area (Å²) in [7, 11) is 0. The van der Waals surface area contributed by atoms with Crippen LogP contribution < -0.4 is 15.0 Å². The quantitative estimate of drug-likeness (QED) is 0.255. The van der Waals surface area contributed by atoms with Crippen LogP contribution in [0.15, 0.2) is 24.5 Å². The molecule has 0 radical (unpaired) electrons. The van der Waals surface area contributed by atoms with Gasteiger partial charge in [-0.1, -0.05) is 6.42 Å². The number of nitrogens with one attached hydrogen (secondary N) is 2. The molecule has 4 aromatic heterocycles. The normalized spacial score (nSPS) is 21.3. The predicted molar refractivity (Wildman–Crippen MR) is 153 cm³/mol. The Bertz CT molecular complexity index is 1800. The maximum atomic E-state index is 14.6. The SMILES string of the molecule is Cc1cc2[nH]ncc2c(-c2nccc3c2sc2nc(OCC4CCC4)nc(N4CC5CCC(C4)N5)c23)c1C(F)(F)F. The van der Waals surface area contributed by atoms with Crippen molar-refractivity contribution in [3.63, 3.8) is 0 Å². The van der Waals surface area contributed by atoms with E-state index in [1.54, 1.807) is 6.20 Å². The number of ether oxygens (including phenoxy) is 1. The van der Waals surface area contributed by atoms with E-state index in [0.717, 1.165) is 55.4 Å². The van der Waals surface area contributed by atoms with Gasteiger partial charge in [0.05, 0.1) is 39.7 Å². The zero-order valence-electron chi connectivity index (χ0n) is 22.4. The van der Waals surface area contributed by atoms with Crippen LogP contribution in [-0.4, -0.2) is 56.9 Å². The number of aryl methyl sites for hydroxylation is 1. The maximum absolute atomic E-state index is 14.6. The number of aromatic amines is 1. The van der Waals surface area contributed by atoms with E-state index in [9.17, 15) is 13.2 Å². The van der Waals surface area contributed by atoms with Gasteiger partial charge in [0.25, 0.3) is 0 Å². The van der Waals surface area contributed by atoms with Crippen LogP contribution in [0.25, 0.3) is 42.5 Å². The van der Waals surface area contributed by atoms with Gasteiger partial charge in [0, 0.05) is 47.7 Å². The smallest absolute Gasteiger partial charge is 0.417 e. The molecule has 12 heteroatoms. The van der Waals surface area contributed by atoms with Gasteiger partial charge in [0.1, 0.15) is 10.6 Å². The van der Waals surface area contributed by atoms with E-state index in [4.69, 9.17) is 14.7 Å². The van der Waals surface area contributed by atoms with Crippen molar-refractivity contribution >= 4 is 48.4 Å². The molecule has 3 fully saturated rings. The number of hydrogen-bond acceptors (Lipinski definition) is 8. The van der Waals surface area contributed by atoms with Crippen LogP contribution in [0.1, 0.15) is 43.2 Å². The predicted octanol–water partition coefficient (Wildman–Crippen LogP) is 6.23. The number of fused-ring (bicyclic) bond motifs is 6. The second-order valence-corrected chi connectivity index (χ2v) is 12.6. The molecule has 2 atom stereocenters. The van der Waals surface area contributed by atoms with E-state index in [1.807, 2.05) is 6.07 Å². The first-order valence-electron chi connectivity index (χ1n) is 14.1. The van der Waals surface area contributed by atoms with Crippen molar-refractivity contribution in [2.45, 2.75) is 57.3 Å². The van der Waals surface area contributed by atoms with Gasteiger partial charge in [0.2, 0.25) is 0 Å². The molecule has 212 valence electrons. The molecule has 2 N–H and O–H groups in total. The number of halogens is 3. The van der Waals surface area contributed by atoms with Gasteiger partial charge in [-0.2, -0.15) is 28.2 Å². The van der Waals surface area contributed by atoms with Crippen LogP contribution in [-0.2, 0) is 6.18 Å². The third-order valence-corrected chi connectivity index (χ3v) is 9.97. The number of H-pyrrole nitrogens is 1. The summed E-state index contributed by atoms with van der Waals surface area (Å²) in [6.45, 7) is 3.68. The Morgan fingerprint density at radius 2 is 1.90 bits per heavy atom. The van der Waals surface area contributed by atoms with E-state index in [2.05, 4.69) is 25.4 Å². The minimum Gasteiger partial charge on any atom is -0.463 e. The van der Waals surface area contributed by atoms with Crippen molar-refractivity contribution in [2.24, 2.45) is 5.92 Å². The standard InChI is InChI=1S/C29H28F3N7OS/c1-14-9-20-19(10-34-38-20)21(23(14)29(30,31)32)24-25-18(7-8-33-24)22-26(39-11-16-5-6-17(12-39)35-16)36-28(37-27(22)41-25)40-13-15-3-2-4-15/h7-10,15-17,35H,2-6,11-13H2,1H3,(H,34,38). The number of thiophene rings is 1. The number of nitrogens with zero attached hydrogens (tertiary/aromatic N) is 5. The lowest BCUT2D eigenvalue weighted by atomic mass is 9.86. The molecular formula is C29H28F3N7OS. The van der Waals surface area contributed by atoms with Gasteiger partial charge in [-0.05, 0) is 56.2 Å². The minimum atomic E-state index is -4.57. The molecule has 8 rings (SSSR count). The summed E-state index contributed by atoms with van der Waals surface area (Å²) in [5, 5.41) is 12.6. The van der Waals surface area contributed by atoms with E-state index in [0.29, 0.717) is 51.1 Å². The van der Waals surface area contributed by atoms with Crippen molar-refractivity contribution in [1.29, 1.82) is 0 Å². The Morgan fingerprint density at radius 3 is 2.63 bits per heavy atom. The van der Waals surface area contributed by atoms with E-state index >= 15 is 0 Å². The first-order valence-corrected chi connectivity index (χ1v) is 14.9. The summed E-state index contributed by atoms with van der Waals surface area (Å²) in [5.41, 5.74) is 0.269. The van der Waals surface area contributed by atoms with Gasteiger partial charge in [-0.25, -0.2) is 0 Å². The molecule has 5 aromatic rings. The maximum Gasteiger partial charge on any atom is 0.417 e. The van der Waals surface area contributed by atoms with Crippen LogP contribution in [0, 0.1) is 12.8 Å². The minimum absolute atomic E-state index is 0.0367. The topological polar surface area (TPSA) is 91.8 Å². The first-order chi connectivity index (χ1) is 19.8. The average molecular weight is 580 g/mol. The molecule has 8 nitrogen and oxygen atoms in total. The molecule has 6 heterocycles. The van der Waals surface area contributed by atoms with Crippen LogP contribution in [0.3, 0.4) is 0 Å². The summed E-state index contributed by atoms with van der Waals surface area (Å²) in [6, 6.07) is 4.46. The highest BCUT2D eigenvalue weighted by molar-refractivity contribution is 7.26. The molecule has 2 unspecified atom stereocenters. The third-order valence-electron chi connectivity index (χ3n) is 8.86. The fraction of sp³-hybridized carbons (Fsp3) is 0.448. The average Bonchev–Trinajstić information content (AvgIpc) is 3.61. The highest BCUT2D eigenvalue weighted by Crippen LogP contribution is 2.48. The molecular weight excluding hydrogens is 551 g/mol. The Kier molecular flexibility index (Phi) is 5.69. The second kappa shape index (κ2) is 9.25. The van der Waals surface area contributed by atoms with E-state index in [-0.39, 0.29) is 16.8 Å². The summed E-state index contributed by atoms with van der Waals surface area (Å²) >= 11 is 1.35. The van der Waals surface area contributed by atoms with Crippen molar-refractivity contribution in [3.8, 4) is 17.3 Å². The fourth-order valence-corrected chi connectivity index (χ4v) is 7.85. The Morgan fingerprint density at radius 1 is 1.10 bits per heavy atom. The molecule has 2 saturated heterocycles. The molecule has 2 bridgehead atoms. The molecule has 2 aliphatic heterocycles. The number of aromatic nitrogens is 5. The molecule has 3 aliphatic rings. The summed E-state index contributed by atoms with van der Waals surface area (Å²) < 4.78 is 50.4. The number of rotatable bonds is 5. The lowest BCUT2D eigenvalue weighted by Crippen LogP contribution is -2.51. The van der Waals surface area contributed by atoms with Crippen LogP contribution >= 0.6 is 11.3 Å². The Hall–Kier alpha value is -3.51. The van der Waals surface area contributed by atoms with E-state index < -0.39 is 11.7 Å². The Balaban J connectivity index is 1.36. The van der Waals surface area contributed by atoms with Gasteiger partial charge in [-0.3, -0.25) is 10.1 Å². The molecule has 1 aromatic carbocycles. The zero-order chi connectivity index (χ0) is 27.9. The van der Waals surface area contributed by atoms with Crippen molar-refractivity contribution in [2.75, 3.05) is 24.6 Å². The van der Waals surface area contributed by atoms with Crippen molar-refractivity contribution in [3.05, 3.63) is 35.7 Å². The van der Waals surface area contributed by atoms with Crippen LogP contribution in [0.2, 0.25) is 0 Å². The summed E-state index contributed by atoms with van der Waals surface area (Å²) in [4.78, 5) is 17.3. The largest absolute Gasteiger partial charge is 0.463 e. The number of piperazine rings is 1. The van der Waals surface area contributed by atoms with Crippen molar-refractivity contribution < 1.29 is 17.9 Å². The zero-order valence-corrected chi connectivity index (χ0v) is 23.2. The number of hydrogen-bond donors (Lipinski definition) is 2. The van der Waals surface area contributed by atoms with Gasteiger partial charge < -0.3 is 15.0 Å². The van der Waals surface area contributed by atoms with Crippen LogP contribution in [0.5, 0.6) is 6.01 Å². The Labute approximate surface area is 237 Å². The monoisotopic (exact) mass is 579 g/mol. The van der Waals surface area contributed by atoms with E-state index in [1.165, 1.54) is 36.9 Å². The molecule has 0 spiro atoms. The molecule has 0 amide bonds. The highest BCUT2D eigenvalue weighted by Gasteiger charge is 2.39. The number of pyridine rings is 1. The van der Waals surface area contributed by atoms with Crippen LogP contribution in [0.4, 0.5) is 19.0 Å². The summed E-state index contributed by atoms with van der Waals surface area (Å²) in [5.74, 6) is 1.31. The first kappa shape index (κ1) is 25.2. The molecule has 1 saturated carbocycles. The van der Waals surface area contributed by atoms with Gasteiger partial charge in [-0.15, -0.1) is 11.3 Å². The van der Waals surface area contributed by atoms with Gasteiger partial charge >= 0.3 is 12.2 Å². The molecule has 1 aliphatic carbocycles. The fourth-order valence-electron chi connectivity index (χ4n) is 6.69. The lowest BCUT2D eigenvalue weighted by Gasteiger charge is -2.34. The summed E-state index contributed by atoms with van der Waals surface area (Å²) in [6.07, 6.45) is 4.21. The van der Waals surface area contributed by atoms with Crippen molar-refractivity contribution in [1.82, 2.24) is 30.5 Å². The lowest BCUT2D eigenvalue weighted by molar-refractivity contribution is -0.137. The third kappa shape index (κ3) is 4.13. The second-order valence-electron chi connectivity index (χ2n) is 11.6. The highest BCUT2D eigenvalue weighted by atomic mass is 32.1. The van der Waals surface area contributed by atoms with Gasteiger partial charge in [0.15, 0.2) is 0 Å². The molecule has 41 heavy (non-hydrogen) atoms. The number of anilines is 1.